The molecule has 4 nitrogen and oxygen atoms in total. The first-order chi connectivity index (χ1) is 10.3. The number of aromatic nitrogens is 1. The highest BCUT2D eigenvalue weighted by Crippen LogP contribution is 2.24. The van der Waals surface area contributed by atoms with Gasteiger partial charge in [-0.05, 0) is 36.4 Å². The molecule has 0 saturated carbocycles. The second-order valence-corrected chi connectivity index (χ2v) is 4.57. The van der Waals surface area contributed by atoms with Crippen molar-refractivity contribution in [3.05, 3.63) is 66.4 Å². The van der Waals surface area contributed by atoms with E-state index >= 15 is 0 Å². The second-order valence-electron chi connectivity index (χ2n) is 4.57. The van der Waals surface area contributed by atoms with Crippen molar-refractivity contribution in [1.29, 1.82) is 0 Å². The van der Waals surface area contributed by atoms with Crippen molar-refractivity contribution in [3.63, 3.8) is 0 Å². The van der Waals surface area contributed by atoms with Crippen molar-refractivity contribution in [2.24, 2.45) is 0 Å². The maximum Gasteiger partial charge on any atom is 0.337 e. The number of methoxy groups -OCH3 is 1. The van der Waals surface area contributed by atoms with Crippen molar-refractivity contribution >= 4 is 28.2 Å². The van der Waals surface area contributed by atoms with Crippen LogP contribution in [-0.2, 0) is 4.74 Å². The van der Waals surface area contributed by atoms with Gasteiger partial charge >= 0.3 is 5.97 Å². The minimum absolute atomic E-state index is 0.337. The van der Waals surface area contributed by atoms with Gasteiger partial charge in [0.05, 0.1) is 18.2 Å². The SMILES string of the molecule is COC(=O)c1ccc(Nc2ccnc3ccccc23)cc1. The summed E-state index contributed by atoms with van der Waals surface area (Å²) in [7, 11) is 1.37. The largest absolute Gasteiger partial charge is 0.465 e. The van der Waals surface area contributed by atoms with E-state index in [1.54, 1.807) is 18.3 Å². The molecule has 0 unspecified atom stereocenters. The quantitative estimate of drug-likeness (QED) is 0.741. The molecular weight excluding hydrogens is 264 g/mol. The predicted octanol–water partition coefficient (Wildman–Crippen LogP) is 3.77. The van der Waals surface area contributed by atoms with Gasteiger partial charge in [0.15, 0.2) is 0 Å². The minimum Gasteiger partial charge on any atom is -0.465 e. The van der Waals surface area contributed by atoms with Crippen LogP contribution in [0.1, 0.15) is 10.4 Å². The number of carbonyl (C=O) groups excluding carboxylic acids is 1. The summed E-state index contributed by atoms with van der Waals surface area (Å²) in [6.45, 7) is 0. The third-order valence-electron chi connectivity index (χ3n) is 3.23. The van der Waals surface area contributed by atoms with E-state index in [4.69, 9.17) is 0 Å². The zero-order chi connectivity index (χ0) is 14.7. The highest BCUT2D eigenvalue weighted by Gasteiger charge is 2.05. The van der Waals surface area contributed by atoms with E-state index in [1.807, 2.05) is 42.5 Å². The van der Waals surface area contributed by atoms with Gasteiger partial charge < -0.3 is 10.1 Å². The predicted molar refractivity (Wildman–Crippen MR) is 82.8 cm³/mol. The van der Waals surface area contributed by atoms with Crippen molar-refractivity contribution in [2.75, 3.05) is 12.4 Å². The highest BCUT2D eigenvalue weighted by atomic mass is 16.5. The highest BCUT2D eigenvalue weighted by molar-refractivity contribution is 5.93. The molecule has 104 valence electrons. The number of benzene rings is 2. The summed E-state index contributed by atoms with van der Waals surface area (Å²) in [6.07, 6.45) is 1.77. The molecule has 0 amide bonds. The Kier molecular flexibility index (Phi) is 3.51. The number of hydrogen-bond acceptors (Lipinski definition) is 4. The van der Waals surface area contributed by atoms with E-state index in [2.05, 4.69) is 15.0 Å². The number of pyridine rings is 1. The lowest BCUT2D eigenvalue weighted by Crippen LogP contribution is -2.01. The van der Waals surface area contributed by atoms with Gasteiger partial charge in [-0.1, -0.05) is 18.2 Å². The van der Waals surface area contributed by atoms with Gasteiger partial charge in [0, 0.05) is 23.0 Å². The van der Waals surface area contributed by atoms with Crippen molar-refractivity contribution in [2.45, 2.75) is 0 Å². The van der Waals surface area contributed by atoms with Crippen LogP contribution < -0.4 is 5.32 Å². The molecule has 4 heteroatoms. The Morgan fingerprint density at radius 2 is 1.81 bits per heavy atom. The fourth-order valence-electron chi connectivity index (χ4n) is 2.17. The minimum atomic E-state index is -0.337. The number of carbonyl (C=O) groups is 1. The van der Waals surface area contributed by atoms with Crippen LogP contribution in [-0.4, -0.2) is 18.1 Å². The van der Waals surface area contributed by atoms with Crippen LogP contribution in [0, 0.1) is 0 Å². The van der Waals surface area contributed by atoms with Gasteiger partial charge in [0.1, 0.15) is 0 Å². The number of rotatable bonds is 3. The van der Waals surface area contributed by atoms with E-state index in [0.717, 1.165) is 22.3 Å². The molecule has 0 fully saturated rings. The molecule has 0 aliphatic carbocycles. The number of anilines is 2. The molecule has 3 aromatic rings. The molecule has 0 saturated heterocycles. The number of nitrogens with zero attached hydrogens (tertiary/aromatic N) is 1. The second kappa shape index (κ2) is 5.63. The summed E-state index contributed by atoms with van der Waals surface area (Å²) < 4.78 is 4.68. The molecule has 1 aromatic heterocycles. The summed E-state index contributed by atoms with van der Waals surface area (Å²) in [4.78, 5) is 15.7. The van der Waals surface area contributed by atoms with E-state index in [0.29, 0.717) is 5.56 Å². The Labute approximate surface area is 122 Å². The van der Waals surface area contributed by atoms with Crippen molar-refractivity contribution in [1.82, 2.24) is 4.98 Å². The molecule has 0 aliphatic heterocycles. The van der Waals surface area contributed by atoms with Gasteiger partial charge in [-0.25, -0.2) is 4.79 Å². The monoisotopic (exact) mass is 278 g/mol. The molecule has 0 radical (unpaired) electrons. The van der Waals surface area contributed by atoms with E-state index in [1.165, 1.54) is 7.11 Å². The number of esters is 1. The average Bonchev–Trinajstić information content (AvgIpc) is 2.55. The van der Waals surface area contributed by atoms with Crippen LogP contribution in [0.5, 0.6) is 0 Å². The third-order valence-corrected chi connectivity index (χ3v) is 3.23. The smallest absolute Gasteiger partial charge is 0.337 e. The Morgan fingerprint density at radius 3 is 2.57 bits per heavy atom. The lowest BCUT2D eigenvalue weighted by atomic mass is 10.1. The van der Waals surface area contributed by atoms with Gasteiger partial charge in [-0.2, -0.15) is 0 Å². The summed E-state index contributed by atoms with van der Waals surface area (Å²) in [5.41, 5.74) is 3.35. The number of ether oxygens (including phenoxy) is 1. The molecule has 0 aliphatic rings. The average molecular weight is 278 g/mol. The lowest BCUT2D eigenvalue weighted by molar-refractivity contribution is 0.0601. The molecule has 1 heterocycles. The number of para-hydroxylation sites is 1. The van der Waals surface area contributed by atoms with Gasteiger partial charge in [-0.15, -0.1) is 0 Å². The van der Waals surface area contributed by atoms with Crippen molar-refractivity contribution in [3.8, 4) is 0 Å². The fraction of sp³-hybridized carbons (Fsp3) is 0.0588. The molecule has 3 rings (SSSR count). The van der Waals surface area contributed by atoms with Crippen LogP contribution in [0.2, 0.25) is 0 Å². The zero-order valence-corrected chi connectivity index (χ0v) is 11.5. The first-order valence-corrected chi connectivity index (χ1v) is 6.57. The topological polar surface area (TPSA) is 51.2 Å². The van der Waals surface area contributed by atoms with Crippen molar-refractivity contribution < 1.29 is 9.53 Å². The Balaban J connectivity index is 1.90. The van der Waals surface area contributed by atoms with Crippen LogP contribution in [0.15, 0.2) is 60.8 Å². The molecule has 0 atom stereocenters. The number of fused-ring (bicyclic) bond motifs is 1. The normalized spacial score (nSPS) is 10.3. The van der Waals surface area contributed by atoms with Gasteiger partial charge in [-0.3, -0.25) is 4.98 Å². The lowest BCUT2D eigenvalue weighted by Gasteiger charge is -2.09. The molecule has 0 bridgehead atoms. The molecule has 1 N–H and O–H groups in total. The molecule has 21 heavy (non-hydrogen) atoms. The molecule has 0 spiro atoms. The first kappa shape index (κ1) is 13.1. The number of nitrogens with one attached hydrogen (secondary N) is 1. The van der Waals surface area contributed by atoms with E-state index < -0.39 is 0 Å². The molecular formula is C17H14N2O2. The maximum absolute atomic E-state index is 11.4. The molecule has 2 aromatic carbocycles. The van der Waals surface area contributed by atoms with E-state index in [9.17, 15) is 4.79 Å². The van der Waals surface area contributed by atoms with Crippen LogP contribution in [0.3, 0.4) is 0 Å². The van der Waals surface area contributed by atoms with Gasteiger partial charge in [0.2, 0.25) is 0 Å². The standard InChI is InChI=1S/C17H14N2O2/c1-21-17(20)12-6-8-13(9-7-12)19-16-10-11-18-15-5-3-2-4-14(15)16/h2-11H,1H3,(H,18,19). The van der Waals surface area contributed by atoms with E-state index in [-0.39, 0.29) is 5.97 Å². The Hall–Kier alpha value is -2.88. The Morgan fingerprint density at radius 1 is 1.05 bits per heavy atom. The summed E-state index contributed by atoms with van der Waals surface area (Å²) in [5.74, 6) is -0.337. The van der Waals surface area contributed by atoms with Gasteiger partial charge in [0.25, 0.3) is 0 Å². The van der Waals surface area contributed by atoms with Crippen LogP contribution in [0.4, 0.5) is 11.4 Å². The fourth-order valence-corrected chi connectivity index (χ4v) is 2.17. The first-order valence-electron chi connectivity index (χ1n) is 6.57. The maximum atomic E-state index is 11.4. The number of hydrogen-bond donors (Lipinski definition) is 1. The summed E-state index contributed by atoms with van der Waals surface area (Å²) in [5, 5.41) is 4.39. The van der Waals surface area contributed by atoms with Crippen LogP contribution >= 0.6 is 0 Å². The van der Waals surface area contributed by atoms with Crippen LogP contribution in [0.25, 0.3) is 10.9 Å². The zero-order valence-electron chi connectivity index (χ0n) is 11.5. The summed E-state index contributed by atoms with van der Waals surface area (Å²) in [6, 6.07) is 17.0. The Bertz CT molecular complexity index is 777. The third kappa shape index (κ3) is 2.69. The summed E-state index contributed by atoms with van der Waals surface area (Å²) >= 11 is 0.